The Morgan fingerprint density at radius 2 is 2.18 bits per heavy atom. The lowest BCUT2D eigenvalue weighted by Gasteiger charge is -2.22. The number of ether oxygens (including phenoxy) is 2. The summed E-state index contributed by atoms with van der Waals surface area (Å²) >= 11 is 0. The summed E-state index contributed by atoms with van der Waals surface area (Å²) < 4.78 is 44.7. The summed E-state index contributed by atoms with van der Waals surface area (Å²) in [6.45, 7) is 2.32. The molecule has 1 aromatic carbocycles. The molecule has 0 amide bonds. The summed E-state index contributed by atoms with van der Waals surface area (Å²) in [5.41, 5.74) is 3.57. The highest BCUT2D eigenvalue weighted by Crippen LogP contribution is 2.25. The van der Waals surface area contributed by atoms with Crippen LogP contribution in [0.15, 0.2) is 30.5 Å². The number of hydrogen-bond donors (Lipinski definition) is 2. The number of hydrogen-bond acceptors (Lipinski definition) is 5. The molecule has 2 heterocycles. The van der Waals surface area contributed by atoms with Crippen LogP contribution in [0.1, 0.15) is 22.9 Å². The average molecular weight is 401 g/mol. The van der Waals surface area contributed by atoms with Crippen molar-refractivity contribution in [3.05, 3.63) is 47.3 Å². The molecule has 0 bridgehead atoms. The minimum atomic E-state index is -5.08. The van der Waals surface area contributed by atoms with Gasteiger partial charge in [-0.1, -0.05) is 12.1 Å². The van der Waals surface area contributed by atoms with Gasteiger partial charge in [0.2, 0.25) is 0 Å². The fourth-order valence-corrected chi connectivity index (χ4v) is 2.69. The second-order valence-electron chi connectivity index (χ2n) is 6.11. The number of rotatable bonds is 5. The molecule has 0 saturated carbocycles. The molecule has 1 aliphatic heterocycles. The topological polar surface area (TPSA) is 85.6 Å². The van der Waals surface area contributed by atoms with E-state index in [0.29, 0.717) is 0 Å². The molecule has 0 aliphatic carbocycles. The molecule has 0 saturated heterocycles. The van der Waals surface area contributed by atoms with Crippen molar-refractivity contribution in [2.24, 2.45) is 7.05 Å². The first-order chi connectivity index (χ1) is 13.2. The summed E-state index contributed by atoms with van der Waals surface area (Å²) in [5.74, 6) is -1.87. The molecule has 1 unspecified atom stereocenters. The molecule has 2 aromatic rings. The van der Waals surface area contributed by atoms with Crippen molar-refractivity contribution in [3.63, 3.8) is 0 Å². The van der Waals surface area contributed by atoms with Crippen molar-refractivity contribution in [2.75, 3.05) is 20.3 Å². The lowest BCUT2D eigenvalue weighted by molar-refractivity contribution is -0.192. The molecular weight excluding hydrogens is 379 g/mol. The minimum absolute atomic E-state index is 0.0422. The second kappa shape index (κ2) is 9.56. The van der Waals surface area contributed by atoms with Gasteiger partial charge in [-0.2, -0.15) is 18.3 Å². The summed E-state index contributed by atoms with van der Waals surface area (Å²) in [6, 6.07) is 8.09. The van der Waals surface area contributed by atoms with E-state index in [4.69, 9.17) is 19.4 Å². The van der Waals surface area contributed by atoms with Crippen molar-refractivity contribution in [1.82, 2.24) is 15.1 Å². The van der Waals surface area contributed by atoms with Gasteiger partial charge >= 0.3 is 12.1 Å². The van der Waals surface area contributed by atoms with Gasteiger partial charge in [-0.05, 0) is 29.7 Å². The van der Waals surface area contributed by atoms with Gasteiger partial charge < -0.3 is 19.9 Å². The third-order valence-electron chi connectivity index (χ3n) is 3.97. The Morgan fingerprint density at radius 3 is 2.82 bits per heavy atom. The zero-order valence-electron chi connectivity index (χ0n) is 15.5. The number of halogens is 3. The van der Waals surface area contributed by atoms with Crippen LogP contribution >= 0.6 is 0 Å². The first kappa shape index (κ1) is 21.7. The van der Waals surface area contributed by atoms with Crippen LogP contribution in [-0.4, -0.2) is 47.3 Å². The number of aromatic nitrogens is 2. The van der Waals surface area contributed by atoms with E-state index in [2.05, 4.69) is 22.7 Å². The molecule has 10 heteroatoms. The Bertz CT molecular complexity index is 793. The Balaban J connectivity index is 0.000000345. The quantitative estimate of drug-likeness (QED) is 0.801. The molecule has 154 valence electrons. The lowest BCUT2D eigenvalue weighted by atomic mass is 10.1. The van der Waals surface area contributed by atoms with Crippen LogP contribution in [0.5, 0.6) is 5.75 Å². The van der Waals surface area contributed by atoms with E-state index in [-0.39, 0.29) is 6.10 Å². The third kappa shape index (κ3) is 6.24. The minimum Gasteiger partial charge on any atom is -0.497 e. The number of carboxylic acids is 1. The molecule has 1 aliphatic rings. The van der Waals surface area contributed by atoms with Crippen molar-refractivity contribution in [1.29, 1.82) is 0 Å². The second-order valence-corrected chi connectivity index (χ2v) is 6.11. The first-order valence-electron chi connectivity index (χ1n) is 8.48. The summed E-state index contributed by atoms with van der Waals surface area (Å²) in [6.07, 6.45) is -2.00. The van der Waals surface area contributed by atoms with Gasteiger partial charge in [-0.3, -0.25) is 4.68 Å². The molecule has 0 fully saturated rings. The molecule has 0 spiro atoms. The number of alkyl halides is 3. The molecule has 1 atom stereocenters. The van der Waals surface area contributed by atoms with Gasteiger partial charge in [0.05, 0.1) is 19.4 Å². The van der Waals surface area contributed by atoms with Crippen molar-refractivity contribution in [3.8, 4) is 5.75 Å². The lowest BCUT2D eigenvalue weighted by Crippen LogP contribution is -2.27. The predicted octanol–water partition coefficient (Wildman–Crippen LogP) is 2.47. The maximum absolute atomic E-state index is 10.6. The fourth-order valence-electron chi connectivity index (χ4n) is 2.69. The van der Waals surface area contributed by atoms with Crippen LogP contribution in [-0.2, 0) is 29.5 Å². The highest BCUT2D eigenvalue weighted by Gasteiger charge is 2.38. The number of carboxylic acid groups (broad SMARTS) is 1. The number of carbonyl (C=O) groups is 1. The van der Waals surface area contributed by atoms with Crippen LogP contribution in [0.25, 0.3) is 0 Å². The Hall–Kier alpha value is -2.59. The average Bonchev–Trinajstić information content (AvgIpc) is 3.03. The molecule has 28 heavy (non-hydrogen) atoms. The normalized spacial score (nSPS) is 16.0. The fraction of sp³-hybridized carbons (Fsp3) is 0.444. The summed E-state index contributed by atoms with van der Waals surface area (Å²) in [7, 11) is 3.64. The number of nitrogens with zero attached hydrogens (tertiary/aromatic N) is 2. The highest BCUT2D eigenvalue weighted by molar-refractivity contribution is 5.73. The van der Waals surface area contributed by atoms with Gasteiger partial charge in [-0.15, -0.1) is 0 Å². The van der Waals surface area contributed by atoms with Crippen LogP contribution in [0.4, 0.5) is 13.2 Å². The van der Waals surface area contributed by atoms with Gasteiger partial charge in [0.25, 0.3) is 0 Å². The molecular formula is C18H22F3N3O4. The van der Waals surface area contributed by atoms with Crippen LogP contribution in [0, 0.1) is 0 Å². The summed E-state index contributed by atoms with van der Waals surface area (Å²) in [5, 5.41) is 15.1. The van der Waals surface area contributed by atoms with Crippen LogP contribution in [0.3, 0.4) is 0 Å². The standard InChI is InChI=1S/C16H21N3O2.C2HF3O2/c1-19-11-13-6-7-21-15(16(13)18-19)10-17-9-12-4-3-5-14(8-12)20-2;3-2(4,5)1(6)7/h3-5,8,11,15,17H,6-7,9-10H2,1-2H3;(H,6,7). The smallest absolute Gasteiger partial charge is 0.490 e. The monoisotopic (exact) mass is 401 g/mol. The van der Waals surface area contributed by atoms with Crippen molar-refractivity contribution >= 4 is 5.97 Å². The van der Waals surface area contributed by atoms with Crippen LogP contribution in [0.2, 0.25) is 0 Å². The number of aryl methyl sites for hydroxylation is 1. The van der Waals surface area contributed by atoms with Crippen molar-refractivity contribution < 1.29 is 32.5 Å². The zero-order valence-corrected chi connectivity index (χ0v) is 15.5. The van der Waals surface area contributed by atoms with E-state index in [1.54, 1.807) is 7.11 Å². The Kier molecular flexibility index (Phi) is 7.41. The van der Waals surface area contributed by atoms with E-state index in [1.165, 1.54) is 11.1 Å². The maximum atomic E-state index is 10.6. The SMILES string of the molecule is COc1cccc(CNCC2OCCc3cn(C)nc32)c1.O=C(O)C(F)(F)F. The highest BCUT2D eigenvalue weighted by atomic mass is 19.4. The zero-order chi connectivity index (χ0) is 20.7. The largest absolute Gasteiger partial charge is 0.497 e. The van der Waals surface area contributed by atoms with Crippen molar-refractivity contribution in [2.45, 2.75) is 25.2 Å². The van der Waals surface area contributed by atoms with Gasteiger partial charge in [0.1, 0.15) is 11.9 Å². The molecule has 3 rings (SSSR count). The number of aliphatic carboxylic acids is 1. The number of methoxy groups -OCH3 is 1. The Labute approximate surface area is 160 Å². The van der Waals surface area contributed by atoms with E-state index in [9.17, 15) is 13.2 Å². The maximum Gasteiger partial charge on any atom is 0.490 e. The first-order valence-corrected chi connectivity index (χ1v) is 8.48. The predicted molar refractivity (Wildman–Crippen MR) is 94.0 cm³/mol. The summed E-state index contributed by atoms with van der Waals surface area (Å²) in [4.78, 5) is 8.90. The number of benzene rings is 1. The molecule has 7 nitrogen and oxygen atoms in total. The van der Waals surface area contributed by atoms with Gasteiger partial charge in [0.15, 0.2) is 0 Å². The Morgan fingerprint density at radius 1 is 1.46 bits per heavy atom. The molecule has 0 radical (unpaired) electrons. The van der Waals surface area contributed by atoms with Gasteiger partial charge in [-0.25, -0.2) is 4.79 Å². The van der Waals surface area contributed by atoms with Gasteiger partial charge in [0, 0.05) is 26.3 Å². The molecule has 1 aromatic heterocycles. The van der Waals surface area contributed by atoms with E-state index in [1.807, 2.05) is 29.9 Å². The van der Waals surface area contributed by atoms with E-state index >= 15 is 0 Å². The van der Waals surface area contributed by atoms with Crippen LogP contribution < -0.4 is 10.1 Å². The van der Waals surface area contributed by atoms with E-state index < -0.39 is 12.1 Å². The third-order valence-corrected chi connectivity index (χ3v) is 3.97. The number of fused-ring (bicyclic) bond motifs is 1. The number of nitrogens with one attached hydrogen (secondary N) is 1. The molecule has 2 N–H and O–H groups in total. The van der Waals surface area contributed by atoms with E-state index in [0.717, 1.165) is 37.6 Å².